The normalized spacial score (nSPS) is 11.9. The van der Waals surface area contributed by atoms with Crippen molar-refractivity contribution in [1.29, 1.82) is 0 Å². The van der Waals surface area contributed by atoms with E-state index in [-0.39, 0.29) is 11.8 Å². The van der Waals surface area contributed by atoms with Crippen molar-refractivity contribution in [3.63, 3.8) is 0 Å². The van der Waals surface area contributed by atoms with Crippen molar-refractivity contribution in [2.24, 2.45) is 0 Å². The van der Waals surface area contributed by atoms with Gasteiger partial charge in [0.15, 0.2) is 0 Å². The first-order valence-electron chi connectivity index (χ1n) is 3.06. The largest absolute Gasteiger partial charge is 0.357 e. The molecule has 2 amide bonds. The molecule has 0 bridgehead atoms. The van der Waals surface area contributed by atoms with Gasteiger partial charge in [0.05, 0.1) is 0 Å². The van der Waals surface area contributed by atoms with Gasteiger partial charge >= 0.3 is 0 Å². The van der Waals surface area contributed by atoms with Crippen molar-refractivity contribution in [3.05, 3.63) is 0 Å². The van der Waals surface area contributed by atoms with E-state index in [0.29, 0.717) is 0 Å². The van der Waals surface area contributed by atoms with Crippen molar-refractivity contribution in [2.45, 2.75) is 19.9 Å². The fraction of sp³-hybridized carbons (Fsp3) is 0.667. The third kappa shape index (κ3) is 3.06. The van der Waals surface area contributed by atoms with Crippen molar-refractivity contribution >= 4 is 11.8 Å². The topological polar surface area (TPSA) is 58.2 Å². The summed E-state index contributed by atoms with van der Waals surface area (Å²) in [6.07, 6.45) is 0. The average molecular weight is 144 g/mol. The van der Waals surface area contributed by atoms with Gasteiger partial charge in [0.2, 0.25) is 11.8 Å². The van der Waals surface area contributed by atoms with Gasteiger partial charge in [-0.15, -0.1) is 0 Å². The molecule has 0 radical (unpaired) electrons. The number of likely N-dealkylation sites (N-methyl/N-ethyl adjacent to an activating group) is 1. The lowest BCUT2D eigenvalue weighted by Crippen LogP contribution is -2.42. The van der Waals surface area contributed by atoms with Crippen LogP contribution in [0.25, 0.3) is 0 Å². The lowest BCUT2D eigenvalue weighted by atomic mass is 10.3. The van der Waals surface area contributed by atoms with Gasteiger partial charge in [-0.2, -0.15) is 0 Å². The Morgan fingerprint density at radius 2 is 1.90 bits per heavy atom. The van der Waals surface area contributed by atoms with E-state index in [9.17, 15) is 9.59 Å². The third-order valence-corrected chi connectivity index (χ3v) is 1.06. The number of hydrogen-bond acceptors (Lipinski definition) is 2. The number of nitrogens with one attached hydrogen (secondary N) is 2. The van der Waals surface area contributed by atoms with Crippen LogP contribution < -0.4 is 10.6 Å². The van der Waals surface area contributed by atoms with Crippen molar-refractivity contribution < 1.29 is 9.59 Å². The number of amides is 2. The van der Waals surface area contributed by atoms with Gasteiger partial charge in [-0.1, -0.05) is 0 Å². The van der Waals surface area contributed by atoms with E-state index in [2.05, 4.69) is 10.6 Å². The summed E-state index contributed by atoms with van der Waals surface area (Å²) in [5, 5.41) is 4.86. The number of carbonyl (C=O) groups excluding carboxylic acids is 2. The quantitative estimate of drug-likeness (QED) is 0.536. The molecule has 0 saturated carbocycles. The molecule has 4 nitrogen and oxygen atoms in total. The number of rotatable bonds is 2. The van der Waals surface area contributed by atoms with Crippen LogP contribution in [0.2, 0.25) is 0 Å². The second-order valence-corrected chi connectivity index (χ2v) is 2.04. The van der Waals surface area contributed by atoms with Gasteiger partial charge in [0.25, 0.3) is 0 Å². The van der Waals surface area contributed by atoms with Crippen LogP contribution in [-0.2, 0) is 9.59 Å². The molecule has 0 aromatic carbocycles. The molecular formula is C6H12N2O2. The Morgan fingerprint density at radius 1 is 1.40 bits per heavy atom. The van der Waals surface area contributed by atoms with Crippen LogP contribution in [-0.4, -0.2) is 24.9 Å². The van der Waals surface area contributed by atoms with Crippen LogP contribution in [0.4, 0.5) is 0 Å². The molecular weight excluding hydrogens is 132 g/mol. The number of hydrogen-bond donors (Lipinski definition) is 2. The molecule has 0 rings (SSSR count). The summed E-state index contributed by atoms with van der Waals surface area (Å²) in [5.41, 5.74) is 0. The van der Waals surface area contributed by atoms with Crippen LogP contribution in [0.5, 0.6) is 0 Å². The molecule has 0 saturated heterocycles. The van der Waals surface area contributed by atoms with Gasteiger partial charge in [-0.05, 0) is 6.92 Å². The molecule has 10 heavy (non-hydrogen) atoms. The minimum Gasteiger partial charge on any atom is -0.357 e. The Kier molecular flexibility index (Phi) is 3.46. The lowest BCUT2D eigenvalue weighted by Gasteiger charge is -2.09. The highest BCUT2D eigenvalue weighted by Crippen LogP contribution is 1.79. The fourth-order valence-corrected chi connectivity index (χ4v) is 0.587. The highest BCUT2D eigenvalue weighted by Gasteiger charge is 2.09. The van der Waals surface area contributed by atoms with Crippen LogP contribution >= 0.6 is 0 Å². The second kappa shape index (κ2) is 3.87. The van der Waals surface area contributed by atoms with Crippen LogP contribution in [0.15, 0.2) is 0 Å². The van der Waals surface area contributed by atoms with E-state index < -0.39 is 6.04 Å². The van der Waals surface area contributed by atoms with Gasteiger partial charge in [-0.3, -0.25) is 9.59 Å². The summed E-state index contributed by atoms with van der Waals surface area (Å²) in [6.45, 7) is 3.00. The van der Waals surface area contributed by atoms with E-state index in [1.807, 2.05) is 0 Å². The minimum atomic E-state index is -0.442. The molecule has 0 unspecified atom stereocenters. The van der Waals surface area contributed by atoms with E-state index in [1.165, 1.54) is 14.0 Å². The highest BCUT2D eigenvalue weighted by atomic mass is 16.2. The standard InChI is InChI=1S/C6H12N2O2/c1-4(6(10)7-3)8-5(2)9/h4H,1-3H3,(H,7,10)(H,8,9)/t4-/m1/s1. The summed E-state index contributed by atoms with van der Waals surface area (Å²) in [4.78, 5) is 21.1. The number of carbonyl (C=O) groups is 2. The van der Waals surface area contributed by atoms with Crippen molar-refractivity contribution in [3.8, 4) is 0 Å². The van der Waals surface area contributed by atoms with Crippen LogP contribution in [0, 0.1) is 0 Å². The fourth-order valence-electron chi connectivity index (χ4n) is 0.587. The smallest absolute Gasteiger partial charge is 0.242 e. The second-order valence-electron chi connectivity index (χ2n) is 2.04. The Balaban J connectivity index is 3.72. The van der Waals surface area contributed by atoms with E-state index in [4.69, 9.17) is 0 Å². The van der Waals surface area contributed by atoms with Gasteiger partial charge in [-0.25, -0.2) is 0 Å². The maximum atomic E-state index is 10.7. The zero-order chi connectivity index (χ0) is 8.15. The SMILES string of the molecule is CNC(=O)[C@@H](C)NC(C)=O. The van der Waals surface area contributed by atoms with Gasteiger partial charge in [0, 0.05) is 14.0 Å². The predicted molar refractivity (Wildman–Crippen MR) is 37.3 cm³/mol. The molecule has 0 aromatic rings. The molecule has 0 spiro atoms. The Labute approximate surface area is 60.0 Å². The van der Waals surface area contributed by atoms with E-state index in [0.717, 1.165) is 0 Å². The first-order chi connectivity index (χ1) is 4.57. The zero-order valence-corrected chi connectivity index (χ0v) is 6.39. The van der Waals surface area contributed by atoms with Gasteiger partial charge in [0.1, 0.15) is 6.04 Å². The molecule has 0 heterocycles. The molecule has 58 valence electrons. The first-order valence-corrected chi connectivity index (χ1v) is 3.06. The predicted octanol–water partition coefficient (Wildman–Crippen LogP) is -0.743. The Morgan fingerprint density at radius 3 is 2.20 bits per heavy atom. The lowest BCUT2D eigenvalue weighted by molar-refractivity contribution is -0.127. The Bertz CT molecular complexity index is 145. The maximum absolute atomic E-state index is 10.7. The monoisotopic (exact) mass is 144 g/mol. The van der Waals surface area contributed by atoms with E-state index in [1.54, 1.807) is 6.92 Å². The van der Waals surface area contributed by atoms with Gasteiger partial charge < -0.3 is 10.6 Å². The summed E-state index contributed by atoms with van der Waals surface area (Å²) < 4.78 is 0. The molecule has 0 aliphatic heterocycles. The molecule has 0 fully saturated rings. The summed E-state index contributed by atoms with van der Waals surface area (Å²) in [6, 6.07) is -0.442. The minimum absolute atomic E-state index is 0.185. The average Bonchev–Trinajstić information content (AvgIpc) is 1.85. The first kappa shape index (κ1) is 8.94. The zero-order valence-electron chi connectivity index (χ0n) is 6.39. The summed E-state index contributed by atoms with van der Waals surface area (Å²) in [7, 11) is 1.53. The molecule has 0 aliphatic rings. The van der Waals surface area contributed by atoms with Crippen LogP contribution in [0.1, 0.15) is 13.8 Å². The molecule has 4 heteroatoms. The van der Waals surface area contributed by atoms with Crippen molar-refractivity contribution in [2.75, 3.05) is 7.05 Å². The molecule has 2 N–H and O–H groups in total. The Hall–Kier alpha value is -1.06. The van der Waals surface area contributed by atoms with Crippen LogP contribution in [0.3, 0.4) is 0 Å². The summed E-state index contributed by atoms with van der Waals surface area (Å²) in [5.74, 6) is -0.383. The molecule has 1 atom stereocenters. The third-order valence-electron chi connectivity index (χ3n) is 1.06. The van der Waals surface area contributed by atoms with E-state index >= 15 is 0 Å². The summed E-state index contributed by atoms with van der Waals surface area (Å²) >= 11 is 0. The molecule has 0 aliphatic carbocycles. The van der Waals surface area contributed by atoms with Crippen molar-refractivity contribution in [1.82, 2.24) is 10.6 Å². The maximum Gasteiger partial charge on any atom is 0.242 e. The molecule has 0 aromatic heterocycles. The highest BCUT2D eigenvalue weighted by molar-refractivity contribution is 5.86.